The van der Waals surface area contributed by atoms with Gasteiger partial charge in [-0.3, -0.25) is 19.2 Å². The Hall–Kier alpha value is -3.94. The Morgan fingerprint density at radius 2 is 1.86 bits per heavy atom. The van der Waals surface area contributed by atoms with Gasteiger partial charge in [0.2, 0.25) is 17.7 Å². The molecule has 3 amide bonds. The molecule has 0 saturated carbocycles. The molecule has 2 saturated heterocycles. The predicted molar refractivity (Wildman–Crippen MR) is 133 cm³/mol. The SMILES string of the molecule is CCOc1ccccc1N1C[C@H](C(=O)Oc2cccc(N3C(=O)[C@@H]4[C@H](C)C=CC[C@H]4C3=O)c2)CC1=O. The molecule has 2 heterocycles. The average Bonchev–Trinajstić information content (AvgIpc) is 3.37. The average molecular weight is 489 g/mol. The lowest BCUT2D eigenvalue weighted by molar-refractivity contribution is -0.139. The van der Waals surface area contributed by atoms with Crippen molar-refractivity contribution in [3.8, 4) is 11.5 Å². The van der Waals surface area contributed by atoms with Crippen molar-refractivity contribution in [2.45, 2.75) is 26.7 Å². The van der Waals surface area contributed by atoms with E-state index in [9.17, 15) is 19.2 Å². The lowest BCUT2D eigenvalue weighted by atomic mass is 9.78. The summed E-state index contributed by atoms with van der Waals surface area (Å²) < 4.78 is 11.2. The number of rotatable bonds is 6. The number of nitrogens with zero attached hydrogens (tertiary/aromatic N) is 2. The number of carbonyl (C=O) groups is 4. The summed E-state index contributed by atoms with van der Waals surface area (Å²) in [4.78, 5) is 54.6. The maximum Gasteiger partial charge on any atom is 0.316 e. The summed E-state index contributed by atoms with van der Waals surface area (Å²) in [5, 5.41) is 0. The maximum atomic E-state index is 13.1. The highest BCUT2D eigenvalue weighted by molar-refractivity contribution is 6.22. The van der Waals surface area contributed by atoms with E-state index in [1.54, 1.807) is 35.2 Å². The minimum Gasteiger partial charge on any atom is -0.492 e. The van der Waals surface area contributed by atoms with Gasteiger partial charge in [-0.15, -0.1) is 0 Å². The van der Waals surface area contributed by atoms with Gasteiger partial charge in [0, 0.05) is 19.0 Å². The number of carbonyl (C=O) groups excluding carboxylic acids is 4. The monoisotopic (exact) mass is 488 g/mol. The molecule has 36 heavy (non-hydrogen) atoms. The zero-order valence-corrected chi connectivity index (χ0v) is 20.3. The number of anilines is 2. The van der Waals surface area contributed by atoms with Crippen LogP contribution in [0.2, 0.25) is 0 Å². The van der Waals surface area contributed by atoms with E-state index in [1.807, 2.05) is 38.1 Å². The maximum absolute atomic E-state index is 13.1. The highest BCUT2D eigenvalue weighted by atomic mass is 16.5. The molecular formula is C28H28N2O6. The largest absolute Gasteiger partial charge is 0.492 e. The van der Waals surface area contributed by atoms with Crippen LogP contribution in [-0.2, 0) is 19.2 Å². The second kappa shape index (κ2) is 9.60. The Bertz CT molecular complexity index is 1250. The van der Waals surface area contributed by atoms with Gasteiger partial charge in [-0.2, -0.15) is 0 Å². The highest BCUT2D eigenvalue weighted by Gasteiger charge is 2.50. The number of hydrogen-bond donors (Lipinski definition) is 0. The molecule has 0 radical (unpaired) electrons. The molecule has 5 rings (SSSR count). The Morgan fingerprint density at radius 3 is 2.64 bits per heavy atom. The Morgan fingerprint density at radius 1 is 1.06 bits per heavy atom. The van der Waals surface area contributed by atoms with E-state index >= 15 is 0 Å². The van der Waals surface area contributed by atoms with Gasteiger partial charge < -0.3 is 14.4 Å². The molecule has 1 aliphatic carbocycles. The molecule has 8 nitrogen and oxygen atoms in total. The number of imide groups is 1. The van der Waals surface area contributed by atoms with Crippen LogP contribution in [0.5, 0.6) is 11.5 Å². The minimum absolute atomic E-state index is 0.0121. The molecule has 0 bridgehead atoms. The first kappa shape index (κ1) is 23.8. The number of amides is 3. The third-order valence-electron chi connectivity index (χ3n) is 7.08. The van der Waals surface area contributed by atoms with Crippen molar-refractivity contribution in [1.29, 1.82) is 0 Å². The second-order valence-corrected chi connectivity index (χ2v) is 9.39. The lowest BCUT2D eigenvalue weighted by Crippen LogP contribution is -2.31. The van der Waals surface area contributed by atoms with Gasteiger partial charge >= 0.3 is 5.97 Å². The van der Waals surface area contributed by atoms with Gasteiger partial charge in [-0.05, 0) is 43.5 Å². The van der Waals surface area contributed by atoms with E-state index < -0.39 is 11.9 Å². The van der Waals surface area contributed by atoms with Crippen molar-refractivity contribution in [2.75, 3.05) is 23.0 Å². The smallest absolute Gasteiger partial charge is 0.316 e. The molecule has 4 atom stereocenters. The molecule has 2 fully saturated rings. The van der Waals surface area contributed by atoms with Crippen LogP contribution in [0.15, 0.2) is 60.7 Å². The third kappa shape index (κ3) is 4.17. The Balaban J connectivity index is 1.30. The van der Waals surface area contributed by atoms with E-state index in [0.717, 1.165) is 0 Å². The summed E-state index contributed by atoms with van der Waals surface area (Å²) in [6.45, 7) is 4.45. The number of esters is 1. The van der Waals surface area contributed by atoms with E-state index in [1.165, 1.54) is 11.0 Å². The molecule has 0 spiro atoms. The number of allylic oxidation sites excluding steroid dienone is 2. The Labute approximate surface area is 209 Å². The quantitative estimate of drug-likeness (QED) is 0.266. The number of para-hydroxylation sites is 2. The summed E-state index contributed by atoms with van der Waals surface area (Å²) in [7, 11) is 0. The topological polar surface area (TPSA) is 93.2 Å². The second-order valence-electron chi connectivity index (χ2n) is 9.39. The van der Waals surface area contributed by atoms with Crippen LogP contribution in [0.1, 0.15) is 26.7 Å². The van der Waals surface area contributed by atoms with Crippen LogP contribution < -0.4 is 19.3 Å². The molecule has 186 valence electrons. The Kier molecular flexibility index (Phi) is 6.35. The summed E-state index contributed by atoms with van der Waals surface area (Å²) in [6.07, 6.45) is 4.50. The lowest BCUT2D eigenvalue weighted by Gasteiger charge is -2.22. The molecule has 0 unspecified atom stereocenters. The first-order valence-electron chi connectivity index (χ1n) is 12.3. The molecule has 3 aliphatic rings. The normalized spacial score (nSPS) is 25.3. The first-order valence-corrected chi connectivity index (χ1v) is 12.3. The van der Waals surface area contributed by atoms with Crippen LogP contribution in [0, 0.1) is 23.7 Å². The number of hydrogen-bond acceptors (Lipinski definition) is 6. The first-order chi connectivity index (χ1) is 17.4. The molecule has 2 aromatic carbocycles. The number of ether oxygens (including phenoxy) is 2. The van der Waals surface area contributed by atoms with E-state index in [-0.39, 0.29) is 54.2 Å². The molecule has 0 aromatic heterocycles. The van der Waals surface area contributed by atoms with Crippen molar-refractivity contribution in [3.63, 3.8) is 0 Å². The van der Waals surface area contributed by atoms with Gasteiger partial charge in [0.25, 0.3) is 0 Å². The van der Waals surface area contributed by atoms with Crippen molar-refractivity contribution in [1.82, 2.24) is 0 Å². The summed E-state index contributed by atoms with van der Waals surface area (Å²) in [5.74, 6) is -1.77. The fraction of sp³-hybridized carbons (Fsp3) is 0.357. The van der Waals surface area contributed by atoms with Crippen molar-refractivity contribution < 1.29 is 28.7 Å². The zero-order valence-electron chi connectivity index (χ0n) is 20.3. The number of benzene rings is 2. The van der Waals surface area contributed by atoms with Gasteiger partial charge in [-0.1, -0.05) is 37.3 Å². The van der Waals surface area contributed by atoms with E-state index in [0.29, 0.717) is 30.2 Å². The predicted octanol–water partition coefficient (Wildman–Crippen LogP) is 3.75. The third-order valence-corrected chi connectivity index (χ3v) is 7.08. The molecule has 2 aliphatic heterocycles. The van der Waals surface area contributed by atoms with Gasteiger partial charge in [0.15, 0.2) is 0 Å². The van der Waals surface area contributed by atoms with Crippen molar-refractivity contribution >= 4 is 35.1 Å². The summed E-state index contributed by atoms with van der Waals surface area (Å²) in [6, 6.07) is 13.7. The fourth-order valence-corrected chi connectivity index (χ4v) is 5.34. The van der Waals surface area contributed by atoms with Gasteiger partial charge in [0.1, 0.15) is 11.5 Å². The number of fused-ring (bicyclic) bond motifs is 1. The molecular weight excluding hydrogens is 460 g/mol. The van der Waals surface area contributed by atoms with Crippen LogP contribution in [0.25, 0.3) is 0 Å². The minimum atomic E-state index is -0.652. The van der Waals surface area contributed by atoms with Crippen molar-refractivity contribution in [3.05, 3.63) is 60.7 Å². The van der Waals surface area contributed by atoms with E-state index in [4.69, 9.17) is 9.47 Å². The zero-order chi connectivity index (χ0) is 25.4. The van der Waals surface area contributed by atoms with Crippen LogP contribution in [0.4, 0.5) is 11.4 Å². The van der Waals surface area contributed by atoms with E-state index in [2.05, 4.69) is 0 Å². The van der Waals surface area contributed by atoms with Crippen LogP contribution >= 0.6 is 0 Å². The molecule has 8 heteroatoms. The fourth-order valence-electron chi connectivity index (χ4n) is 5.34. The van der Waals surface area contributed by atoms with Gasteiger partial charge in [0.05, 0.1) is 35.7 Å². The van der Waals surface area contributed by atoms with Gasteiger partial charge in [-0.25, -0.2) is 4.90 Å². The highest BCUT2D eigenvalue weighted by Crippen LogP contribution is 2.41. The molecule has 0 N–H and O–H groups in total. The van der Waals surface area contributed by atoms with Crippen molar-refractivity contribution in [2.24, 2.45) is 23.7 Å². The standard InChI is InChI=1S/C28H28N2O6/c1-3-35-23-13-5-4-12-22(23)29-16-18(14-24(29)31)28(34)36-20-10-7-9-19(15-20)30-26(32)21-11-6-8-17(2)25(21)27(30)33/h4-10,12-13,15,17-18,21,25H,3,11,14,16H2,1-2H3/t17-,18-,21-,25-/m1/s1. The molecule has 2 aromatic rings. The summed E-state index contributed by atoms with van der Waals surface area (Å²) in [5.41, 5.74) is 1.00. The van der Waals surface area contributed by atoms with Crippen LogP contribution in [-0.4, -0.2) is 36.8 Å². The van der Waals surface area contributed by atoms with Crippen LogP contribution in [0.3, 0.4) is 0 Å². The summed E-state index contributed by atoms with van der Waals surface area (Å²) >= 11 is 0.